The molecule has 0 aromatic heterocycles. The molecular weight excluding hydrogens is 235 g/mol. The first-order valence-electron chi connectivity index (χ1n) is 3.55. The molecule has 0 spiro atoms. The second-order valence-electron chi connectivity index (χ2n) is 2.42. The first-order valence-corrected chi connectivity index (χ1v) is 4.88. The minimum Gasteiger partial charge on any atom is -0.113 e. The summed E-state index contributed by atoms with van der Waals surface area (Å²) >= 11 is 8.88. The zero-order valence-electron chi connectivity index (χ0n) is 6.70. The molecule has 0 saturated heterocycles. The molecule has 0 nitrogen and oxygen atoms in total. The molecule has 1 aromatic rings. The summed E-state index contributed by atoms with van der Waals surface area (Å²) in [6, 6.07) is 6.06. The molecule has 0 unspecified atom stereocenters. The largest absolute Gasteiger partial charge is 0.113 e. The fourth-order valence-corrected chi connectivity index (χ4v) is 1.51. The van der Waals surface area contributed by atoms with Crippen LogP contribution in [0.3, 0.4) is 0 Å². The van der Waals surface area contributed by atoms with Gasteiger partial charge in [-0.25, -0.2) is 0 Å². The summed E-state index contributed by atoms with van der Waals surface area (Å²) in [6.45, 7) is 2.05. The van der Waals surface area contributed by atoms with E-state index in [4.69, 9.17) is 11.6 Å². The summed E-state index contributed by atoms with van der Waals surface area (Å²) in [7, 11) is 0. The maximum atomic E-state index is 5.45. The highest BCUT2D eigenvalue weighted by Gasteiger charge is 1.94. The van der Waals surface area contributed by atoms with Crippen molar-refractivity contribution in [2.24, 2.45) is 0 Å². The second kappa shape index (κ2) is 4.54. The van der Waals surface area contributed by atoms with E-state index < -0.39 is 0 Å². The van der Waals surface area contributed by atoms with Gasteiger partial charge in [0.25, 0.3) is 0 Å². The van der Waals surface area contributed by atoms with E-state index in [0.717, 1.165) is 10.0 Å². The van der Waals surface area contributed by atoms with Crippen LogP contribution in [0, 0.1) is 18.8 Å². The maximum Gasteiger partial charge on any atom is 0.0839 e. The molecule has 0 aliphatic heterocycles. The summed E-state index contributed by atoms with van der Waals surface area (Å²) in [5.74, 6) is 6.15. The molecular formula is C10H8BrCl. The van der Waals surface area contributed by atoms with Crippen LogP contribution >= 0.6 is 27.5 Å². The number of hydrogen-bond donors (Lipinski definition) is 0. The highest BCUT2D eigenvalue weighted by atomic mass is 79.9. The minimum atomic E-state index is 0.375. The molecule has 0 amide bonds. The quantitative estimate of drug-likeness (QED) is 0.484. The second-order valence-corrected chi connectivity index (χ2v) is 3.54. The zero-order chi connectivity index (χ0) is 8.97. The predicted octanol–water partition coefficient (Wildman–Crippen LogP) is 3.35. The van der Waals surface area contributed by atoms with E-state index in [0.29, 0.717) is 5.88 Å². The lowest BCUT2D eigenvalue weighted by molar-refractivity contribution is 1.43. The van der Waals surface area contributed by atoms with Crippen LogP contribution in [0.25, 0.3) is 0 Å². The molecule has 0 aliphatic carbocycles. The Kier molecular flexibility index (Phi) is 3.65. The van der Waals surface area contributed by atoms with Crippen molar-refractivity contribution in [1.82, 2.24) is 0 Å². The third-order valence-electron chi connectivity index (χ3n) is 1.41. The Bertz CT molecular complexity index is 333. The van der Waals surface area contributed by atoms with E-state index in [1.807, 2.05) is 25.1 Å². The lowest BCUT2D eigenvalue weighted by Crippen LogP contribution is -1.79. The van der Waals surface area contributed by atoms with Gasteiger partial charge in [-0.1, -0.05) is 17.9 Å². The molecule has 1 aromatic carbocycles. The number of aryl methyl sites for hydroxylation is 1. The van der Waals surface area contributed by atoms with Crippen LogP contribution in [0.1, 0.15) is 11.1 Å². The molecule has 0 aliphatic rings. The monoisotopic (exact) mass is 242 g/mol. The number of alkyl halides is 1. The third kappa shape index (κ3) is 2.55. The average Bonchev–Trinajstić information content (AvgIpc) is 2.03. The topological polar surface area (TPSA) is 0 Å². The van der Waals surface area contributed by atoms with Gasteiger partial charge in [0, 0.05) is 10.0 Å². The molecule has 0 bridgehead atoms. The highest BCUT2D eigenvalue weighted by Crippen LogP contribution is 2.16. The van der Waals surface area contributed by atoms with Crippen molar-refractivity contribution < 1.29 is 0 Å². The number of rotatable bonds is 0. The summed E-state index contributed by atoms with van der Waals surface area (Å²) in [6.07, 6.45) is 0. The van der Waals surface area contributed by atoms with Crippen LogP contribution in [-0.2, 0) is 0 Å². The van der Waals surface area contributed by atoms with E-state index >= 15 is 0 Å². The van der Waals surface area contributed by atoms with Gasteiger partial charge in [-0.15, -0.1) is 11.6 Å². The lowest BCUT2D eigenvalue weighted by atomic mass is 10.2. The molecule has 12 heavy (non-hydrogen) atoms. The van der Waals surface area contributed by atoms with Gasteiger partial charge in [0.1, 0.15) is 0 Å². The normalized spacial score (nSPS) is 8.92. The molecule has 0 atom stereocenters. The van der Waals surface area contributed by atoms with Gasteiger partial charge in [-0.05, 0) is 40.5 Å². The molecule has 0 heterocycles. The molecule has 1 rings (SSSR count). The number of halogens is 2. The van der Waals surface area contributed by atoms with Crippen molar-refractivity contribution in [1.29, 1.82) is 0 Å². The number of benzene rings is 1. The van der Waals surface area contributed by atoms with Gasteiger partial charge in [0.15, 0.2) is 0 Å². The summed E-state index contributed by atoms with van der Waals surface area (Å²) in [4.78, 5) is 0. The fourth-order valence-electron chi connectivity index (χ4n) is 0.850. The molecule has 2 heteroatoms. The lowest BCUT2D eigenvalue weighted by Gasteiger charge is -1.96. The molecule has 0 saturated carbocycles. The molecule has 62 valence electrons. The van der Waals surface area contributed by atoms with Gasteiger partial charge >= 0.3 is 0 Å². The van der Waals surface area contributed by atoms with Crippen LogP contribution in [0.4, 0.5) is 0 Å². The Labute approximate surface area is 86.1 Å². The summed E-state index contributed by atoms with van der Waals surface area (Å²) in [5, 5.41) is 0. The fraction of sp³-hybridized carbons (Fsp3) is 0.200. The van der Waals surface area contributed by atoms with Crippen LogP contribution in [0.15, 0.2) is 22.7 Å². The number of hydrogen-bond acceptors (Lipinski definition) is 0. The average molecular weight is 244 g/mol. The first kappa shape index (κ1) is 9.64. The van der Waals surface area contributed by atoms with E-state index in [2.05, 4.69) is 27.8 Å². The van der Waals surface area contributed by atoms with Crippen molar-refractivity contribution >= 4 is 27.5 Å². The molecule has 0 N–H and O–H groups in total. The van der Waals surface area contributed by atoms with Crippen LogP contribution < -0.4 is 0 Å². The first-order chi connectivity index (χ1) is 5.74. The Hall–Kier alpha value is -0.450. The smallest absolute Gasteiger partial charge is 0.0839 e. The van der Waals surface area contributed by atoms with Gasteiger partial charge in [-0.2, -0.15) is 0 Å². The Balaban J connectivity index is 3.01. The van der Waals surface area contributed by atoms with Crippen LogP contribution in [0.2, 0.25) is 0 Å². The Morgan fingerprint density at radius 3 is 2.83 bits per heavy atom. The van der Waals surface area contributed by atoms with Gasteiger partial charge in [0.05, 0.1) is 5.88 Å². The molecule has 0 radical (unpaired) electrons. The van der Waals surface area contributed by atoms with Crippen molar-refractivity contribution in [2.75, 3.05) is 5.88 Å². The van der Waals surface area contributed by atoms with Gasteiger partial charge in [0.2, 0.25) is 0 Å². The van der Waals surface area contributed by atoms with Gasteiger partial charge < -0.3 is 0 Å². The SMILES string of the molecule is Cc1ccc(C#CCCl)c(Br)c1. The van der Waals surface area contributed by atoms with Crippen LogP contribution in [-0.4, -0.2) is 5.88 Å². The van der Waals surface area contributed by atoms with E-state index in [-0.39, 0.29) is 0 Å². The van der Waals surface area contributed by atoms with E-state index in [1.165, 1.54) is 5.56 Å². The zero-order valence-corrected chi connectivity index (χ0v) is 9.04. The van der Waals surface area contributed by atoms with Gasteiger partial charge in [-0.3, -0.25) is 0 Å². The standard InChI is InChI=1S/C10H8BrCl/c1-8-4-5-9(3-2-6-12)10(11)7-8/h4-5,7H,6H2,1H3. The van der Waals surface area contributed by atoms with Crippen molar-refractivity contribution in [3.63, 3.8) is 0 Å². The maximum absolute atomic E-state index is 5.45. The van der Waals surface area contributed by atoms with Crippen molar-refractivity contribution in [2.45, 2.75) is 6.92 Å². The minimum absolute atomic E-state index is 0.375. The Morgan fingerprint density at radius 1 is 1.50 bits per heavy atom. The highest BCUT2D eigenvalue weighted by molar-refractivity contribution is 9.10. The van der Waals surface area contributed by atoms with E-state index in [9.17, 15) is 0 Å². The summed E-state index contributed by atoms with van der Waals surface area (Å²) < 4.78 is 1.03. The summed E-state index contributed by atoms with van der Waals surface area (Å²) in [5.41, 5.74) is 2.21. The van der Waals surface area contributed by atoms with Crippen molar-refractivity contribution in [3.05, 3.63) is 33.8 Å². The third-order valence-corrected chi connectivity index (χ3v) is 2.20. The Morgan fingerprint density at radius 2 is 2.25 bits per heavy atom. The van der Waals surface area contributed by atoms with Crippen LogP contribution in [0.5, 0.6) is 0 Å². The molecule has 0 fully saturated rings. The predicted molar refractivity (Wildman–Crippen MR) is 56.5 cm³/mol. The van der Waals surface area contributed by atoms with Crippen molar-refractivity contribution in [3.8, 4) is 11.8 Å². The van der Waals surface area contributed by atoms with E-state index in [1.54, 1.807) is 0 Å².